The van der Waals surface area contributed by atoms with Gasteiger partial charge >= 0.3 is 0 Å². The quantitative estimate of drug-likeness (QED) is 0.676. The highest BCUT2D eigenvalue weighted by molar-refractivity contribution is 5.93. The predicted octanol–water partition coefficient (Wildman–Crippen LogP) is 3.09. The lowest BCUT2D eigenvalue weighted by Crippen LogP contribution is -2.20. The molecule has 1 aliphatic carbocycles. The molecule has 22 heavy (non-hydrogen) atoms. The molecule has 3 rings (SSSR count). The average Bonchev–Trinajstić information content (AvgIpc) is 2.60. The van der Waals surface area contributed by atoms with E-state index in [-0.39, 0.29) is 0 Å². The molecule has 0 aromatic heterocycles. The van der Waals surface area contributed by atoms with Crippen LogP contribution in [0.5, 0.6) is 5.75 Å². The highest BCUT2D eigenvalue weighted by atomic mass is 16.5. The van der Waals surface area contributed by atoms with Crippen molar-refractivity contribution < 1.29 is 14.7 Å². The van der Waals surface area contributed by atoms with Crippen molar-refractivity contribution in [1.82, 2.24) is 5.48 Å². The van der Waals surface area contributed by atoms with Gasteiger partial charge in [0, 0.05) is 5.56 Å². The Kier molecular flexibility index (Phi) is 4.11. The zero-order chi connectivity index (χ0) is 15.5. The van der Waals surface area contributed by atoms with Crippen molar-refractivity contribution in [1.29, 1.82) is 0 Å². The van der Waals surface area contributed by atoms with Gasteiger partial charge in [-0.1, -0.05) is 18.2 Å². The Morgan fingerprint density at radius 3 is 2.86 bits per heavy atom. The van der Waals surface area contributed by atoms with Crippen LogP contribution < -0.4 is 10.2 Å². The van der Waals surface area contributed by atoms with Gasteiger partial charge in [0.1, 0.15) is 5.75 Å². The first-order valence-corrected chi connectivity index (χ1v) is 7.41. The van der Waals surface area contributed by atoms with Gasteiger partial charge in [0.05, 0.1) is 7.11 Å². The predicted molar refractivity (Wildman–Crippen MR) is 83.5 cm³/mol. The van der Waals surface area contributed by atoms with E-state index in [9.17, 15) is 4.79 Å². The molecule has 1 aliphatic rings. The molecule has 0 heterocycles. The average molecular weight is 297 g/mol. The minimum atomic E-state index is -0.466. The summed E-state index contributed by atoms with van der Waals surface area (Å²) in [6.45, 7) is 0. The van der Waals surface area contributed by atoms with Gasteiger partial charge in [0.2, 0.25) is 0 Å². The molecule has 0 radical (unpaired) electrons. The van der Waals surface area contributed by atoms with Crippen molar-refractivity contribution in [2.75, 3.05) is 7.11 Å². The molecule has 0 saturated heterocycles. The zero-order valence-electron chi connectivity index (χ0n) is 12.5. The van der Waals surface area contributed by atoms with Crippen molar-refractivity contribution in [3.8, 4) is 5.75 Å². The summed E-state index contributed by atoms with van der Waals surface area (Å²) in [6.07, 6.45) is 2.99. The van der Waals surface area contributed by atoms with Gasteiger partial charge in [0.25, 0.3) is 5.91 Å². The van der Waals surface area contributed by atoms with E-state index in [1.165, 1.54) is 16.7 Å². The van der Waals surface area contributed by atoms with Crippen LogP contribution in [0.2, 0.25) is 0 Å². The molecule has 2 N–H and O–H groups in total. The second-order valence-corrected chi connectivity index (χ2v) is 5.64. The van der Waals surface area contributed by atoms with Crippen LogP contribution in [0.25, 0.3) is 0 Å². The number of benzene rings is 2. The molecule has 0 saturated carbocycles. The van der Waals surface area contributed by atoms with Gasteiger partial charge in [0.15, 0.2) is 0 Å². The van der Waals surface area contributed by atoms with Crippen molar-refractivity contribution >= 4 is 5.91 Å². The van der Waals surface area contributed by atoms with Gasteiger partial charge in [-0.15, -0.1) is 0 Å². The van der Waals surface area contributed by atoms with Gasteiger partial charge in [-0.05, 0) is 66.1 Å². The number of hydrogen-bond acceptors (Lipinski definition) is 3. The highest BCUT2D eigenvalue weighted by Gasteiger charge is 2.21. The topological polar surface area (TPSA) is 58.6 Å². The van der Waals surface area contributed by atoms with Gasteiger partial charge in [-0.3, -0.25) is 10.0 Å². The molecule has 114 valence electrons. The smallest absolute Gasteiger partial charge is 0.274 e. The van der Waals surface area contributed by atoms with E-state index >= 15 is 0 Å². The fraction of sp³-hybridized carbons (Fsp3) is 0.278. The summed E-state index contributed by atoms with van der Waals surface area (Å²) in [4.78, 5) is 11.6. The SMILES string of the molecule is COc1cccc(C2CCc3ccc(C(=O)NO)cc3C2)c1. The molecule has 2 aromatic carbocycles. The zero-order valence-corrected chi connectivity index (χ0v) is 12.5. The molecule has 0 aliphatic heterocycles. The summed E-state index contributed by atoms with van der Waals surface area (Å²) in [5.41, 5.74) is 5.92. The number of nitrogens with one attached hydrogen (secondary N) is 1. The third kappa shape index (κ3) is 2.83. The number of carbonyl (C=O) groups is 1. The molecular weight excluding hydrogens is 278 g/mol. The Morgan fingerprint density at radius 2 is 2.09 bits per heavy atom. The number of methoxy groups -OCH3 is 1. The Morgan fingerprint density at radius 1 is 1.23 bits per heavy atom. The lowest BCUT2D eigenvalue weighted by Gasteiger charge is -2.25. The van der Waals surface area contributed by atoms with Crippen LogP contribution in [0.15, 0.2) is 42.5 Å². The minimum absolute atomic E-state index is 0.426. The molecule has 4 nitrogen and oxygen atoms in total. The maximum Gasteiger partial charge on any atom is 0.274 e. The van der Waals surface area contributed by atoms with Gasteiger partial charge < -0.3 is 4.74 Å². The largest absolute Gasteiger partial charge is 0.497 e. The monoisotopic (exact) mass is 297 g/mol. The number of hydroxylamine groups is 1. The number of fused-ring (bicyclic) bond motifs is 1. The second kappa shape index (κ2) is 6.20. The Labute approximate surface area is 129 Å². The van der Waals surface area contributed by atoms with Crippen LogP contribution in [-0.2, 0) is 12.8 Å². The van der Waals surface area contributed by atoms with Gasteiger partial charge in [-0.25, -0.2) is 5.48 Å². The Balaban J connectivity index is 1.87. The standard InChI is InChI=1S/C18H19NO3/c1-22-17-4-2-3-13(11-17)14-7-5-12-6-8-15(18(20)19-21)10-16(12)9-14/h2-4,6,8,10-11,14,21H,5,7,9H2,1H3,(H,19,20). The molecule has 1 unspecified atom stereocenters. The van der Waals surface area contributed by atoms with Gasteiger partial charge in [-0.2, -0.15) is 0 Å². The maximum atomic E-state index is 11.6. The highest BCUT2D eigenvalue weighted by Crippen LogP contribution is 2.34. The molecule has 4 heteroatoms. The van der Waals surface area contributed by atoms with Crippen molar-refractivity contribution in [2.45, 2.75) is 25.2 Å². The number of hydrogen-bond donors (Lipinski definition) is 2. The number of rotatable bonds is 3. The first-order chi connectivity index (χ1) is 10.7. The molecule has 1 atom stereocenters. The molecule has 2 aromatic rings. The van der Waals surface area contributed by atoms with Crippen molar-refractivity contribution in [3.05, 3.63) is 64.7 Å². The summed E-state index contributed by atoms with van der Waals surface area (Å²) >= 11 is 0. The van der Waals surface area contributed by atoms with Crippen molar-refractivity contribution in [2.24, 2.45) is 0 Å². The summed E-state index contributed by atoms with van der Waals surface area (Å²) < 4.78 is 5.30. The molecule has 0 spiro atoms. The van der Waals surface area contributed by atoms with E-state index in [4.69, 9.17) is 9.94 Å². The van der Waals surface area contributed by atoms with Crippen LogP contribution in [-0.4, -0.2) is 18.2 Å². The number of ether oxygens (including phenoxy) is 1. The number of carbonyl (C=O) groups excluding carboxylic acids is 1. The number of amides is 1. The van der Waals surface area contributed by atoms with E-state index in [0.29, 0.717) is 11.5 Å². The van der Waals surface area contributed by atoms with E-state index in [0.717, 1.165) is 25.0 Å². The first-order valence-electron chi connectivity index (χ1n) is 7.41. The summed E-state index contributed by atoms with van der Waals surface area (Å²) in [7, 11) is 1.68. The van der Waals surface area contributed by atoms with Crippen molar-refractivity contribution in [3.63, 3.8) is 0 Å². The second-order valence-electron chi connectivity index (χ2n) is 5.64. The Hall–Kier alpha value is -2.33. The van der Waals surface area contributed by atoms with E-state index in [2.05, 4.69) is 12.1 Å². The minimum Gasteiger partial charge on any atom is -0.497 e. The summed E-state index contributed by atoms with van der Waals surface area (Å²) in [5.74, 6) is 0.832. The Bertz CT molecular complexity index is 696. The third-order valence-corrected chi connectivity index (χ3v) is 4.36. The van der Waals surface area contributed by atoms with E-state index < -0.39 is 5.91 Å². The molecular formula is C18H19NO3. The third-order valence-electron chi connectivity index (χ3n) is 4.36. The lowest BCUT2D eigenvalue weighted by atomic mass is 9.79. The normalized spacial score (nSPS) is 16.7. The number of aryl methyl sites for hydroxylation is 1. The fourth-order valence-corrected chi connectivity index (χ4v) is 3.14. The van der Waals surface area contributed by atoms with Crippen LogP contribution in [0.3, 0.4) is 0 Å². The summed E-state index contributed by atoms with van der Waals surface area (Å²) in [5, 5.41) is 8.77. The first kappa shape index (κ1) is 14.6. The summed E-state index contributed by atoms with van der Waals surface area (Å²) in [6, 6.07) is 13.8. The van der Waals surface area contributed by atoms with Crippen LogP contribution in [0.4, 0.5) is 0 Å². The van der Waals surface area contributed by atoms with E-state index in [1.807, 2.05) is 24.3 Å². The van der Waals surface area contributed by atoms with Crippen LogP contribution in [0, 0.1) is 0 Å². The lowest BCUT2D eigenvalue weighted by molar-refractivity contribution is 0.0706. The van der Waals surface area contributed by atoms with Crippen LogP contribution >= 0.6 is 0 Å². The maximum absolute atomic E-state index is 11.6. The van der Waals surface area contributed by atoms with Crippen LogP contribution in [0.1, 0.15) is 39.4 Å². The molecule has 1 amide bonds. The molecule has 0 fully saturated rings. The fourth-order valence-electron chi connectivity index (χ4n) is 3.14. The molecule has 0 bridgehead atoms. The van der Waals surface area contributed by atoms with E-state index in [1.54, 1.807) is 18.7 Å².